The van der Waals surface area contributed by atoms with Crippen molar-refractivity contribution in [2.24, 2.45) is 5.92 Å². The molecular formula is C17H25N3O. The van der Waals surface area contributed by atoms with Crippen molar-refractivity contribution in [3.63, 3.8) is 0 Å². The molecule has 0 bridgehead atoms. The van der Waals surface area contributed by atoms with Crippen LogP contribution in [0.15, 0.2) is 24.3 Å². The maximum Gasteiger partial charge on any atom is 0.230 e. The van der Waals surface area contributed by atoms with Crippen molar-refractivity contribution >= 4 is 11.6 Å². The molecule has 1 aromatic carbocycles. The highest BCUT2D eigenvalue weighted by molar-refractivity contribution is 5.96. The summed E-state index contributed by atoms with van der Waals surface area (Å²) in [6.07, 6.45) is 1.91. The van der Waals surface area contributed by atoms with Crippen LogP contribution in [0.5, 0.6) is 0 Å². The second kappa shape index (κ2) is 6.16. The van der Waals surface area contributed by atoms with Gasteiger partial charge in [-0.25, -0.2) is 0 Å². The first-order valence-electron chi connectivity index (χ1n) is 7.96. The molecule has 3 rings (SSSR count). The first-order chi connectivity index (χ1) is 10.1. The van der Waals surface area contributed by atoms with E-state index in [4.69, 9.17) is 0 Å². The van der Waals surface area contributed by atoms with Gasteiger partial charge in [0.25, 0.3) is 0 Å². The van der Waals surface area contributed by atoms with Crippen molar-refractivity contribution < 1.29 is 4.79 Å². The Morgan fingerprint density at radius 3 is 2.90 bits per heavy atom. The predicted molar refractivity (Wildman–Crippen MR) is 85.3 cm³/mol. The van der Waals surface area contributed by atoms with Gasteiger partial charge >= 0.3 is 0 Å². The van der Waals surface area contributed by atoms with Crippen LogP contribution >= 0.6 is 0 Å². The fourth-order valence-electron chi connectivity index (χ4n) is 3.47. The number of fused-ring (bicyclic) bond motifs is 1. The second-order valence-electron chi connectivity index (χ2n) is 6.43. The quantitative estimate of drug-likeness (QED) is 0.856. The number of hydrogen-bond acceptors (Lipinski definition) is 3. The number of anilines is 1. The third kappa shape index (κ3) is 3.11. The number of benzene rings is 1. The van der Waals surface area contributed by atoms with Gasteiger partial charge in [-0.2, -0.15) is 0 Å². The zero-order chi connectivity index (χ0) is 14.8. The van der Waals surface area contributed by atoms with Gasteiger partial charge in [0.05, 0.1) is 0 Å². The van der Waals surface area contributed by atoms with Gasteiger partial charge in [0.15, 0.2) is 0 Å². The van der Waals surface area contributed by atoms with E-state index >= 15 is 0 Å². The highest BCUT2D eigenvalue weighted by Crippen LogP contribution is 2.28. The maximum absolute atomic E-state index is 13.0. The van der Waals surface area contributed by atoms with E-state index in [9.17, 15) is 4.79 Å². The van der Waals surface area contributed by atoms with Crippen molar-refractivity contribution in [3.05, 3.63) is 29.8 Å². The summed E-state index contributed by atoms with van der Waals surface area (Å²) in [4.78, 5) is 17.3. The number of carbonyl (C=O) groups is 1. The first kappa shape index (κ1) is 14.5. The third-order valence-electron chi connectivity index (χ3n) is 4.67. The van der Waals surface area contributed by atoms with E-state index in [-0.39, 0.29) is 5.92 Å². The average Bonchev–Trinajstić information content (AvgIpc) is 2.65. The number of nitrogens with zero attached hydrogens (tertiary/aromatic N) is 2. The Morgan fingerprint density at radius 1 is 1.29 bits per heavy atom. The normalized spacial score (nSPS) is 27.0. The summed E-state index contributed by atoms with van der Waals surface area (Å²) < 4.78 is 0. The molecular weight excluding hydrogens is 262 g/mol. The minimum atomic E-state index is 0.165. The van der Waals surface area contributed by atoms with Gasteiger partial charge in [0.1, 0.15) is 0 Å². The van der Waals surface area contributed by atoms with E-state index in [2.05, 4.69) is 42.4 Å². The summed E-state index contributed by atoms with van der Waals surface area (Å²) in [5, 5.41) is 3.43. The van der Waals surface area contributed by atoms with Crippen molar-refractivity contribution in [3.8, 4) is 0 Å². The number of piperidine rings is 1. The first-order valence-corrected chi connectivity index (χ1v) is 7.96. The minimum Gasteiger partial charge on any atom is -0.314 e. The van der Waals surface area contributed by atoms with Crippen LogP contribution in [0.25, 0.3) is 0 Å². The molecule has 0 radical (unpaired) electrons. The van der Waals surface area contributed by atoms with Gasteiger partial charge in [0, 0.05) is 37.3 Å². The van der Waals surface area contributed by atoms with Crippen LogP contribution < -0.4 is 10.2 Å². The number of amides is 1. The Labute approximate surface area is 127 Å². The highest BCUT2D eigenvalue weighted by atomic mass is 16.2. The van der Waals surface area contributed by atoms with Crippen molar-refractivity contribution in [2.75, 3.05) is 31.6 Å². The molecule has 21 heavy (non-hydrogen) atoms. The van der Waals surface area contributed by atoms with Crippen molar-refractivity contribution in [1.82, 2.24) is 10.2 Å². The molecule has 4 heteroatoms. The molecule has 0 aliphatic carbocycles. The molecule has 1 N–H and O–H groups in total. The van der Waals surface area contributed by atoms with Crippen LogP contribution in [0.4, 0.5) is 5.69 Å². The van der Waals surface area contributed by atoms with Gasteiger partial charge in [-0.1, -0.05) is 18.2 Å². The fraction of sp³-hybridized carbons (Fsp3) is 0.588. The molecule has 0 saturated carbocycles. The van der Waals surface area contributed by atoms with Gasteiger partial charge < -0.3 is 15.1 Å². The zero-order valence-corrected chi connectivity index (χ0v) is 13.0. The lowest BCUT2D eigenvalue weighted by Gasteiger charge is -2.32. The summed E-state index contributed by atoms with van der Waals surface area (Å²) in [5.41, 5.74) is 2.37. The SMILES string of the molecule is C[C@H]1C[C@@H](C(=O)N2CCN(C)Cc3ccccc32)CCN1. The molecule has 0 aromatic heterocycles. The predicted octanol–water partition coefficient (Wildman–Crippen LogP) is 1.85. The zero-order valence-electron chi connectivity index (χ0n) is 13.0. The lowest BCUT2D eigenvalue weighted by Crippen LogP contribution is -2.45. The number of nitrogens with one attached hydrogen (secondary N) is 1. The van der Waals surface area contributed by atoms with E-state index in [0.29, 0.717) is 11.9 Å². The van der Waals surface area contributed by atoms with Gasteiger partial charge in [0.2, 0.25) is 5.91 Å². The van der Waals surface area contributed by atoms with Gasteiger partial charge in [-0.3, -0.25) is 4.79 Å². The molecule has 1 aromatic rings. The number of likely N-dealkylation sites (N-methyl/N-ethyl adjacent to an activating group) is 1. The molecule has 4 nitrogen and oxygen atoms in total. The number of para-hydroxylation sites is 1. The van der Waals surface area contributed by atoms with Crippen molar-refractivity contribution in [2.45, 2.75) is 32.4 Å². The summed E-state index contributed by atoms with van der Waals surface area (Å²) >= 11 is 0. The smallest absolute Gasteiger partial charge is 0.230 e. The fourth-order valence-corrected chi connectivity index (χ4v) is 3.47. The van der Waals surface area contributed by atoms with Crippen LogP contribution in [-0.4, -0.2) is 43.5 Å². The average molecular weight is 287 g/mol. The van der Waals surface area contributed by atoms with Crippen LogP contribution in [-0.2, 0) is 11.3 Å². The lowest BCUT2D eigenvalue weighted by molar-refractivity contribution is -0.123. The number of rotatable bonds is 1. The van der Waals surface area contributed by atoms with Crippen LogP contribution in [0.1, 0.15) is 25.3 Å². The number of hydrogen-bond donors (Lipinski definition) is 1. The molecule has 2 atom stereocenters. The maximum atomic E-state index is 13.0. The summed E-state index contributed by atoms with van der Waals surface area (Å²) in [6, 6.07) is 8.78. The summed E-state index contributed by atoms with van der Waals surface area (Å²) in [6.45, 7) is 5.77. The van der Waals surface area contributed by atoms with Crippen molar-refractivity contribution in [1.29, 1.82) is 0 Å². The largest absolute Gasteiger partial charge is 0.314 e. The molecule has 0 spiro atoms. The molecule has 2 heterocycles. The van der Waals surface area contributed by atoms with Gasteiger partial charge in [-0.15, -0.1) is 0 Å². The lowest BCUT2D eigenvalue weighted by atomic mass is 9.91. The Hall–Kier alpha value is -1.39. The third-order valence-corrected chi connectivity index (χ3v) is 4.67. The van der Waals surface area contributed by atoms with Gasteiger partial charge in [-0.05, 0) is 45.0 Å². The topological polar surface area (TPSA) is 35.6 Å². The summed E-state index contributed by atoms with van der Waals surface area (Å²) in [5.74, 6) is 0.476. The van der Waals surface area contributed by atoms with Crippen LogP contribution in [0.2, 0.25) is 0 Å². The monoisotopic (exact) mass is 287 g/mol. The standard InChI is InChI=1S/C17H25N3O/c1-13-11-14(7-8-18-13)17(21)20-10-9-19(2)12-15-5-3-4-6-16(15)20/h3-6,13-14,18H,7-12H2,1-2H3/t13-,14-/m0/s1. The Morgan fingerprint density at radius 2 is 2.10 bits per heavy atom. The second-order valence-corrected chi connectivity index (χ2v) is 6.43. The van der Waals surface area contributed by atoms with E-state index < -0.39 is 0 Å². The molecule has 0 unspecified atom stereocenters. The van der Waals surface area contributed by atoms with E-state index in [1.807, 2.05) is 11.0 Å². The highest BCUT2D eigenvalue weighted by Gasteiger charge is 2.31. The molecule has 2 aliphatic rings. The molecule has 1 saturated heterocycles. The molecule has 114 valence electrons. The Kier molecular flexibility index (Phi) is 4.27. The minimum absolute atomic E-state index is 0.165. The van der Waals surface area contributed by atoms with E-state index in [1.165, 1.54) is 5.56 Å². The molecule has 2 aliphatic heterocycles. The Balaban J connectivity index is 1.85. The van der Waals surface area contributed by atoms with E-state index in [0.717, 1.165) is 44.7 Å². The Bertz CT molecular complexity index is 517. The van der Waals surface area contributed by atoms with Crippen LogP contribution in [0.3, 0.4) is 0 Å². The summed E-state index contributed by atoms with van der Waals surface area (Å²) in [7, 11) is 2.12. The van der Waals surface area contributed by atoms with Crippen LogP contribution in [0, 0.1) is 5.92 Å². The number of carbonyl (C=O) groups excluding carboxylic acids is 1. The van der Waals surface area contributed by atoms with E-state index in [1.54, 1.807) is 0 Å². The molecule has 1 amide bonds. The molecule has 1 fully saturated rings.